The standard InChI is InChI=1S/C21H22N6O3S/c1-24-15-22-23-21(24)31-19-8-7-17(13-18(19)27(29)30)20(28)26-11-9-25(10-12-26)14-16-5-3-2-4-6-16/h2-8,13,15H,9-12,14H2,1H3. The number of rotatable bonds is 6. The largest absolute Gasteiger partial charge is 0.336 e. The number of aromatic nitrogens is 3. The van der Waals surface area contributed by atoms with E-state index in [9.17, 15) is 14.9 Å². The maximum atomic E-state index is 13.0. The van der Waals surface area contributed by atoms with Crippen molar-refractivity contribution in [2.45, 2.75) is 16.6 Å². The van der Waals surface area contributed by atoms with E-state index >= 15 is 0 Å². The van der Waals surface area contributed by atoms with E-state index < -0.39 is 4.92 Å². The molecule has 1 saturated heterocycles. The lowest BCUT2D eigenvalue weighted by atomic mass is 10.1. The van der Waals surface area contributed by atoms with Crippen LogP contribution in [0.1, 0.15) is 15.9 Å². The zero-order valence-electron chi connectivity index (χ0n) is 17.0. The number of amides is 1. The van der Waals surface area contributed by atoms with E-state index in [1.54, 1.807) is 28.6 Å². The van der Waals surface area contributed by atoms with E-state index in [1.807, 2.05) is 18.2 Å². The van der Waals surface area contributed by atoms with Crippen molar-refractivity contribution in [3.05, 3.63) is 76.1 Å². The third-order valence-electron chi connectivity index (χ3n) is 5.18. The summed E-state index contributed by atoms with van der Waals surface area (Å²) in [4.78, 5) is 28.6. The summed E-state index contributed by atoms with van der Waals surface area (Å²) in [5.74, 6) is -0.183. The lowest BCUT2D eigenvalue weighted by molar-refractivity contribution is -0.387. The van der Waals surface area contributed by atoms with Gasteiger partial charge < -0.3 is 9.47 Å². The number of nitrogens with zero attached hydrogens (tertiary/aromatic N) is 6. The fourth-order valence-electron chi connectivity index (χ4n) is 3.48. The fraction of sp³-hybridized carbons (Fsp3) is 0.286. The van der Waals surface area contributed by atoms with Crippen LogP contribution in [-0.2, 0) is 13.6 Å². The van der Waals surface area contributed by atoms with Gasteiger partial charge >= 0.3 is 0 Å². The van der Waals surface area contributed by atoms with Crippen LogP contribution < -0.4 is 0 Å². The molecule has 31 heavy (non-hydrogen) atoms. The highest BCUT2D eigenvalue weighted by atomic mass is 32.2. The first-order chi connectivity index (χ1) is 15.0. The Bertz CT molecular complexity index is 1080. The summed E-state index contributed by atoms with van der Waals surface area (Å²) >= 11 is 1.15. The van der Waals surface area contributed by atoms with Gasteiger partial charge in [0, 0.05) is 51.4 Å². The van der Waals surface area contributed by atoms with Crippen molar-refractivity contribution in [3.63, 3.8) is 0 Å². The van der Waals surface area contributed by atoms with E-state index in [1.165, 1.54) is 18.0 Å². The van der Waals surface area contributed by atoms with Gasteiger partial charge in [0.15, 0.2) is 5.16 Å². The minimum absolute atomic E-state index is 0.110. The number of carbonyl (C=O) groups is 1. The summed E-state index contributed by atoms with van der Waals surface area (Å²) in [7, 11) is 1.77. The summed E-state index contributed by atoms with van der Waals surface area (Å²) in [5, 5.41) is 19.9. The Balaban J connectivity index is 1.43. The number of hydrogen-bond donors (Lipinski definition) is 0. The summed E-state index contributed by atoms with van der Waals surface area (Å²) in [6.07, 6.45) is 1.53. The number of piperazine rings is 1. The van der Waals surface area contributed by atoms with Crippen LogP contribution in [0.5, 0.6) is 0 Å². The molecule has 0 unspecified atom stereocenters. The van der Waals surface area contributed by atoms with Crippen LogP contribution in [0.15, 0.2) is 64.9 Å². The smallest absolute Gasteiger partial charge is 0.284 e. The van der Waals surface area contributed by atoms with Gasteiger partial charge in [0.1, 0.15) is 6.33 Å². The molecule has 0 aliphatic carbocycles. The number of benzene rings is 2. The van der Waals surface area contributed by atoms with Gasteiger partial charge in [-0.15, -0.1) is 10.2 Å². The summed E-state index contributed by atoms with van der Waals surface area (Å²) in [6, 6.07) is 14.8. The fourth-order valence-corrected chi connectivity index (χ4v) is 4.33. The van der Waals surface area contributed by atoms with Crippen LogP contribution in [-0.4, -0.2) is 61.6 Å². The van der Waals surface area contributed by atoms with Crippen LogP contribution in [0.25, 0.3) is 0 Å². The molecule has 4 rings (SSSR count). The predicted octanol–water partition coefficient (Wildman–Crippen LogP) is 2.83. The Morgan fingerprint density at radius 1 is 1.13 bits per heavy atom. The van der Waals surface area contributed by atoms with Crippen molar-refractivity contribution in [3.8, 4) is 0 Å². The molecule has 2 heterocycles. The molecule has 0 saturated carbocycles. The minimum atomic E-state index is -0.465. The number of aryl methyl sites for hydroxylation is 1. The molecule has 2 aromatic carbocycles. The van der Waals surface area contributed by atoms with Crippen molar-refractivity contribution < 1.29 is 9.72 Å². The molecule has 10 heteroatoms. The Labute approximate surface area is 183 Å². The molecule has 160 valence electrons. The van der Waals surface area contributed by atoms with Crippen molar-refractivity contribution in [1.29, 1.82) is 0 Å². The molecular formula is C21H22N6O3S. The zero-order valence-corrected chi connectivity index (χ0v) is 17.9. The van der Waals surface area contributed by atoms with Gasteiger partial charge in [0.25, 0.3) is 11.6 Å². The average Bonchev–Trinajstić information content (AvgIpc) is 3.19. The van der Waals surface area contributed by atoms with Gasteiger partial charge in [0.05, 0.1) is 9.82 Å². The Kier molecular flexibility index (Phi) is 6.28. The Morgan fingerprint density at radius 2 is 1.87 bits per heavy atom. The molecule has 1 aliphatic heterocycles. The van der Waals surface area contributed by atoms with Crippen LogP contribution in [0.2, 0.25) is 0 Å². The molecule has 0 bridgehead atoms. The average molecular weight is 439 g/mol. The first kappa shape index (κ1) is 21.0. The van der Waals surface area contributed by atoms with Crippen LogP contribution >= 0.6 is 11.8 Å². The normalized spacial score (nSPS) is 14.5. The molecule has 0 atom stereocenters. The SMILES string of the molecule is Cn1cnnc1Sc1ccc(C(=O)N2CCN(Cc3ccccc3)CC2)cc1[N+](=O)[O-]. The maximum Gasteiger partial charge on any atom is 0.284 e. The van der Waals surface area contributed by atoms with E-state index in [2.05, 4.69) is 27.2 Å². The monoisotopic (exact) mass is 438 g/mol. The van der Waals surface area contributed by atoms with E-state index in [4.69, 9.17) is 0 Å². The van der Waals surface area contributed by atoms with Gasteiger partial charge in [-0.3, -0.25) is 19.8 Å². The molecule has 9 nitrogen and oxygen atoms in total. The highest BCUT2D eigenvalue weighted by Crippen LogP contribution is 2.34. The second-order valence-electron chi connectivity index (χ2n) is 7.32. The zero-order chi connectivity index (χ0) is 21.8. The third kappa shape index (κ3) is 4.92. The highest BCUT2D eigenvalue weighted by Gasteiger charge is 2.25. The van der Waals surface area contributed by atoms with E-state index in [0.29, 0.717) is 28.7 Å². The first-order valence-electron chi connectivity index (χ1n) is 9.87. The molecule has 3 aromatic rings. The lowest BCUT2D eigenvalue weighted by Gasteiger charge is -2.34. The first-order valence-corrected chi connectivity index (χ1v) is 10.7. The van der Waals surface area contributed by atoms with Crippen molar-refractivity contribution in [2.75, 3.05) is 26.2 Å². The molecule has 1 fully saturated rings. The number of hydrogen-bond acceptors (Lipinski definition) is 7. The van der Waals surface area contributed by atoms with Crippen molar-refractivity contribution in [2.24, 2.45) is 7.05 Å². The minimum Gasteiger partial charge on any atom is -0.336 e. The molecule has 0 spiro atoms. The molecule has 1 aliphatic rings. The second-order valence-corrected chi connectivity index (χ2v) is 8.33. The van der Waals surface area contributed by atoms with Crippen molar-refractivity contribution in [1.82, 2.24) is 24.6 Å². The number of carbonyl (C=O) groups excluding carboxylic acids is 1. The Hall–Kier alpha value is -3.24. The molecule has 0 N–H and O–H groups in total. The second kappa shape index (κ2) is 9.27. The van der Waals surface area contributed by atoms with Gasteiger partial charge in [-0.1, -0.05) is 30.3 Å². The number of nitro groups is 1. The lowest BCUT2D eigenvalue weighted by Crippen LogP contribution is -2.48. The van der Waals surface area contributed by atoms with Crippen LogP contribution in [0.4, 0.5) is 5.69 Å². The van der Waals surface area contributed by atoms with Gasteiger partial charge in [-0.05, 0) is 29.5 Å². The molecular weight excluding hydrogens is 416 g/mol. The van der Waals surface area contributed by atoms with Crippen LogP contribution in [0.3, 0.4) is 0 Å². The van der Waals surface area contributed by atoms with Crippen LogP contribution in [0, 0.1) is 10.1 Å². The Morgan fingerprint density at radius 3 is 2.52 bits per heavy atom. The topological polar surface area (TPSA) is 97.4 Å². The van der Waals surface area contributed by atoms with Gasteiger partial charge in [-0.25, -0.2) is 0 Å². The number of nitro benzene ring substituents is 1. The van der Waals surface area contributed by atoms with E-state index in [0.717, 1.165) is 31.4 Å². The molecule has 0 radical (unpaired) electrons. The quantitative estimate of drug-likeness (QED) is 0.431. The predicted molar refractivity (Wildman–Crippen MR) is 116 cm³/mol. The van der Waals surface area contributed by atoms with Gasteiger partial charge in [-0.2, -0.15) is 0 Å². The van der Waals surface area contributed by atoms with Gasteiger partial charge in [0.2, 0.25) is 0 Å². The van der Waals surface area contributed by atoms with E-state index in [-0.39, 0.29) is 11.6 Å². The summed E-state index contributed by atoms with van der Waals surface area (Å²) in [5.41, 5.74) is 1.46. The van der Waals surface area contributed by atoms with Crippen molar-refractivity contribution >= 4 is 23.4 Å². The molecule has 1 amide bonds. The molecule has 1 aromatic heterocycles. The third-order valence-corrected chi connectivity index (χ3v) is 6.30. The highest BCUT2D eigenvalue weighted by molar-refractivity contribution is 7.99. The maximum absolute atomic E-state index is 13.0. The summed E-state index contributed by atoms with van der Waals surface area (Å²) in [6.45, 7) is 3.57. The summed E-state index contributed by atoms with van der Waals surface area (Å²) < 4.78 is 1.68.